The SMILES string of the molecule is Cc1cc(C(F)(F)F)ccc1C(=O)C1CC1C. The first kappa shape index (κ1) is 12.1. The zero-order valence-corrected chi connectivity index (χ0v) is 9.64. The van der Waals surface area contributed by atoms with Crippen LogP contribution in [0.15, 0.2) is 18.2 Å². The van der Waals surface area contributed by atoms with E-state index in [0.29, 0.717) is 17.0 Å². The minimum absolute atomic E-state index is 0.00503. The van der Waals surface area contributed by atoms with Gasteiger partial charge in [0.2, 0.25) is 0 Å². The Morgan fingerprint density at radius 3 is 2.35 bits per heavy atom. The van der Waals surface area contributed by atoms with E-state index in [2.05, 4.69) is 0 Å². The fourth-order valence-corrected chi connectivity index (χ4v) is 2.00. The van der Waals surface area contributed by atoms with Gasteiger partial charge in [-0.15, -0.1) is 0 Å². The minimum atomic E-state index is -4.35. The van der Waals surface area contributed by atoms with Gasteiger partial charge in [0.15, 0.2) is 5.78 Å². The van der Waals surface area contributed by atoms with Gasteiger partial charge in [-0.2, -0.15) is 13.2 Å². The molecule has 0 heterocycles. The Bertz CT molecular complexity index is 462. The van der Waals surface area contributed by atoms with Crippen LogP contribution < -0.4 is 0 Å². The van der Waals surface area contributed by atoms with E-state index >= 15 is 0 Å². The molecule has 1 nitrogen and oxygen atoms in total. The molecule has 1 fully saturated rings. The summed E-state index contributed by atoms with van der Waals surface area (Å²) >= 11 is 0. The summed E-state index contributed by atoms with van der Waals surface area (Å²) in [5, 5.41) is 0. The third kappa shape index (κ3) is 2.35. The van der Waals surface area contributed by atoms with E-state index < -0.39 is 11.7 Å². The molecule has 1 aromatic carbocycles. The number of rotatable bonds is 2. The van der Waals surface area contributed by atoms with Gasteiger partial charge < -0.3 is 0 Å². The molecular formula is C13H13F3O. The maximum Gasteiger partial charge on any atom is 0.416 e. The van der Waals surface area contributed by atoms with E-state index in [-0.39, 0.29) is 11.7 Å². The fourth-order valence-electron chi connectivity index (χ4n) is 2.00. The third-order valence-electron chi connectivity index (χ3n) is 3.27. The normalized spacial score (nSPS) is 23.6. The van der Waals surface area contributed by atoms with Crippen LogP contribution in [0.25, 0.3) is 0 Å². The number of carbonyl (C=O) groups is 1. The highest BCUT2D eigenvalue weighted by atomic mass is 19.4. The van der Waals surface area contributed by atoms with Crippen LogP contribution in [0, 0.1) is 18.8 Å². The molecule has 17 heavy (non-hydrogen) atoms. The molecule has 1 saturated carbocycles. The summed E-state index contributed by atoms with van der Waals surface area (Å²) in [5.41, 5.74) is 0.131. The van der Waals surface area contributed by atoms with E-state index in [1.165, 1.54) is 6.07 Å². The lowest BCUT2D eigenvalue weighted by atomic mass is 9.98. The monoisotopic (exact) mass is 242 g/mol. The van der Waals surface area contributed by atoms with Crippen molar-refractivity contribution in [3.05, 3.63) is 34.9 Å². The molecule has 1 aliphatic rings. The van der Waals surface area contributed by atoms with Gasteiger partial charge in [0.1, 0.15) is 0 Å². The summed E-state index contributed by atoms with van der Waals surface area (Å²) in [5.74, 6) is 0.346. The number of carbonyl (C=O) groups excluding carboxylic acids is 1. The van der Waals surface area contributed by atoms with Crippen molar-refractivity contribution in [1.29, 1.82) is 0 Å². The molecule has 0 amide bonds. The van der Waals surface area contributed by atoms with Crippen molar-refractivity contribution >= 4 is 5.78 Å². The van der Waals surface area contributed by atoms with E-state index in [1.807, 2.05) is 6.92 Å². The Morgan fingerprint density at radius 1 is 1.35 bits per heavy atom. The molecule has 2 rings (SSSR count). The zero-order chi connectivity index (χ0) is 12.8. The maximum absolute atomic E-state index is 12.4. The number of aryl methyl sites for hydroxylation is 1. The predicted octanol–water partition coefficient (Wildman–Crippen LogP) is 3.85. The van der Waals surface area contributed by atoms with Gasteiger partial charge in [0.25, 0.3) is 0 Å². The second-order valence-electron chi connectivity index (χ2n) is 4.71. The molecule has 0 spiro atoms. The fraction of sp³-hybridized carbons (Fsp3) is 0.462. The first-order valence-electron chi connectivity index (χ1n) is 5.52. The van der Waals surface area contributed by atoms with Gasteiger partial charge in [-0.3, -0.25) is 4.79 Å². The molecule has 92 valence electrons. The standard InChI is InChI=1S/C13H13F3O/c1-7-5-9(13(14,15)16)3-4-10(7)12(17)11-6-8(11)2/h3-5,8,11H,6H2,1-2H3. The molecule has 0 bridgehead atoms. The number of benzene rings is 1. The van der Waals surface area contributed by atoms with Crippen LogP contribution in [-0.2, 0) is 6.18 Å². The van der Waals surface area contributed by atoms with Crippen molar-refractivity contribution in [3.63, 3.8) is 0 Å². The summed E-state index contributed by atoms with van der Waals surface area (Å²) in [6, 6.07) is 3.32. The Kier molecular flexibility index (Phi) is 2.76. The number of alkyl halides is 3. The molecule has 1 aliphatic carbocycles. The molecule has 2 unspecified atom stereocenters. The van der Waals surface area contributed by atoms with Crippen molar-refractivity contribution in [2.45, 2.75) is 26.4 Å². The van der Waals surface area contributed by atoms with Gasteiger partial charge in [-0.1, -0.05) is 13.0 Å². The molecule has 2 atom stereocenters. The lowest BCUT2D eigenvalue weighted by Crippen LogP contribution is -2.09. The molecule has 0 radical (unpaired) electrons. The van der Waals surface area contributed by atoms with Crippen LogP contribution in [0.2, 0.25) is 0 Å². The van der Waals surface area contributed by atoms with Crippen LogP contribution in [0.5, 0.6) is 0 Å². The predicted molar refractivity (Wildman–Crippen MR) is 57.8 cm³/mol. The number of Topliss-reactive ketones (excluding diaryl/α,β-unsaturated/α-hetero) is 1. The van der Waals surface area contributed by atoms with Gasteiger partial charge in [0.05, 0.1) is 5.56 Å². The quantitative estimate of drug-likeness (QED) is 0.720. The Labute approximate surface area is 97.6 Å². The van der Waals surface area contributed by atoms with Crippen molar-refractivity contribution in [2.24, 2.45) is 11.8 Å². The first-order chi connectivity index (χ1) is 7.80. The molecule has 0 aliphatic heterocycles. The lowest BCUT2D eigenvalue weighted by Gasteiger charge is -2.10. The van der Waals surface area contributed by atoms with Crippen LogP contribution in [0.1, 0.15) is 34.8 Å². The summed E-state index contributed by atoms with van der Waals surface area (Å²) in [6.07, 6.45) is -3.50. The van der Waals surface area contributed by atoms with Crippen LogP contribution in [0.3, 0.4) is 0 Å². The Hall–Kier alpha value is -1.32. The molecule has 4 heteroatoms. The Balaban J connectivity index is 2.29. The number of ketones is 1. The van der Waals surface area contributed by atoms with Crippen molar-refractivity contribution in [3.8, 4) is 0 Å². The smallest absolute Gasteiger partial charge is 0.294 e. The molecule has 0 aromatic heterocycles. The third-order valence-corrected chi connectivity index (χ3v) is 3.27. The van der Waals surface area contributed by atoms with E-state index in [0.717, 1.165) is 18.6 Å². The van der Waals surface area contributed by atoms with Gasteiger partial charge in [-0.25, -0.2) is 0 Å². The maximum atomic E-state index is 12.4. The highest BCUT2D eigenvalue weighted by molar-refractivity contribution is 6.00. The molecule has 0 saturated heterocycles. The van der Waals surface area contributed by atoms with Crippen molar-refractivity contribution in [2.75, 3.05) is 0 Å². The topological polar surface area (TPSA) is 17.1 Å². The zero-order valence-electron chi connectivity index (χ0n) is 9.64. The second kappa shape index (κ2) is 3.86. The van der Waals surface area contributed by atoms with E-state index in [4.69, 9.17) is 0 Å². The summed E-state index contributed by atoms with van der Waals surface area (Å²) < 4.78 is 37.3. The lowest BCUT2D eigenvalue weighted by molar-refractivity contribution is -0.137. The first-order valence-corrected chi connectivity index (χ1v) is 5.52. The highest BCUT2D eigenvalue weighted by Crippen LogP contribution is 2.41. The van der Waals surface area contributed by atoms with Crippen LogP contribution in [-0.4, -0.2) is 5.78 Å². The molecular weight excluding hydrogens is 229 g/mol. The summed E-state index contributed by atoms with van der Waals surface area (Å²) in [7, 11) is 0. The van der Waals surface area contributed by atoms with Crippen LogP contribution in [0.4, 0.5) is 13.2 Å². The van der Waals surface area contributed by atoms with E-state index in [9.17, 15) is 18.0 Å². The second-order valence-corrected chi connectivity index (χ2v) is 4.71. The summed E-state index contributed by atoms with van der Waals surface area (Å²) in [4.78, 5) is 11.9. The Morgan fingerprint density at radius 2 is 1.94 bits per heavy atom. The van der Waals surface area contributed by atoms with Crippen LogP contribution >= 0.6 is 0 Å². The molecule has 0 N–H and O–H groups in total. The number of halogens is 3. The van der Waals surface area contributed by atoms with Gasteiger partial charge in [0, 0.05) is 11.5 Å². The molecule has 1 aromatic rings. The van der Waals surface area contributed by atoms with Gasteiger partial charge in [-0.05, 0) is 37.0 Å². The summed E-state index contributed by atoms with van der Waals surface area (Å²) in [6.45, 7) is 3.53. The number of hydrogen-bond acceptors (Lipinski definition) is 1. The van der Waals surface area contributed by atoms with Gasteiger partial charge >= 0.3 is 6.18 Å². The number of hydrogen-bond donors (Lipinski definition) is 0. The average molecular weight is 242 g/mol. The van der Waals surface area contributed by atoms with E-state index in [1.54, 1.807) is 6.92 Å². The largest absolute Gasteiger partial charge is 0.416 e. The van der Waals surface area contributed by atoms with Crippen molar-refractivity contribution in [1.82, 2.24) is 0 Å². The highest BCUT2D eigenvalue weighted by Gasteiger charge is 2.40. The minimum Gasteiger partial charge on any atom is -0.294 e. The average Bonchev–Trinajstić information content (AvgIpc) is 2.93. The van der Waals surface area contributed by atoms with Crippen molar-refractivity contribution < 1.29 is 18.0 Å².